The first-order valence-electron chi connectivity index (χ1n) is 4.78. The van der Waals surface area contributed by atoms with Crippen LogP contribution in [0.2, 0.25) is 0 Å². The van der Waals surface area contributed by atoms with Gasteiger partial charge in [0.25, 0.3) is 0 Å². The number of aryl methyl sites for hydroxylation is 1. The molecule has 0 spiro atoms. The van der Waals surface area contributed by atoms with Crippen molar-refractivity contribution in [2.75, 3.05) is 0 Å². The van der Waals surface area contributed by atoms with E-state index < -0.39 is 11.7 Å². The predicted octanol–water partition coefficient (Wildman–Crippen LogP) is 3.96. The third kappa shape index (κ3) is 2.36. The Morgan fingerprint density at radius 3 is 2.41 bits per heavy atom. The maximum Gasteiger partial charge on any atom is 0.418 e. The Labute approximate surface area is 104 Å². The van der Waals surface area contributed by atoms with Crippen molar-refractivity contribution in [1.82, 2.24) is 9.78 Å². The van der Waals surface area contributed by atoms with E-state index in [1.54, 1.807) is 13.0 Å². The fraction of sp³-hybridized carbons (Fsp3) is 0.182. The lowest BCUT2D eigenvalue weighted by Crippen LogP contribution is -2.10. The Bertz CT molecular complexity index is 526. The SMILES string of the molecule is Cc1nn(-c2ccccc2C(F)(F)F)cc1Br. The van der Waals surface area contributed by atoms with E-state index in [2.05, 4.69) is 21.0 Å². The minimum absolute atomic E-state index is 0.0220. The normalized spacial score (nSPS) is 11.8. The van der Waals surface area contributed by atoms with E-state index in [4.69, 9.17) is 0 Å². The zero-order valence-electron chi connectivity index (χ0n) is 8.79. The van der Waals surface area contributed by atoms with E-state index in [9.17, 15) is 13.2 Å². The van der Waals surface area contributed by atoms with Crippen molar-refractivity contribution in [3.05, 3.63) is 46.2 Å². The Morgan fingerprint density at radius 2 is 1.88 bits per heavy atom. The average molecular weight is 305 g/mol. The molecule has 2 nitrogen and oxygen atoms in total. The van der Waals surface area contributed by atoms with E-state index >= 15 is 0 Å². The lowest BCUT2D eigenvalue weighted by Gasteiger charge is -2.12. The second kappa shape index (κ2) is 4.18. The molecule has 1 aromatic heterocycles. The van der Waals surface area contributed by atoms with Crippen LogP contribution in [0.3, 0.4) is 0 Å². The fourth-order valence-corrected chi connectivity index (χ4v) is 1.75. The highest BCUT2D eigenvalue weighted by Gasteiger charge is 2.33. The number of nitrogens with zero attached hydrogens (tertiary/aromatic N) is 2. The lowest BCUT2D eigenvalue weighted by atomic mass is 10.2. The molecule has 0 radical (unpaired) electrons. The number of hydrogen-bond acceptors (Lipinski definition) is 1. The first-order chi connectivity index (χ1) is 7.89. The van der Waals surface area contributed by atoms with Gasteiger partial charge < -0.3 is 0 Å². The van der Waals surface area contributed by atoms with Crippen LogP contribution in [-0.4, -0.2) is 9.78 Å². The zero-order chi connectivity index (χ0) is 12.6. The lowest BCUT2D eigenvalue weighted by molar-refractivity contribution is -0.137. The van der Waals surface area contributed by atoms with Gasteiger partial charge in [0.1, 0.15) is 0 Å². The number of hydrogen-bond donors (Lipinski definition) is 0. The number of halogens is 4. The summed E-state index contributed by atoms with van der Waals surface area (Å²) in [6, 6.07) is 5.34. The molecule has 0 atom stereocenters. The second-order valence-corrected chi connectivity index (χ2v) is 4.38. The van der Waals surface area contributed by atoms with Crippen molar-refractivity contribution in [2.24, 2.45) is 0 Å². The number of alkyl halides is 3. The summed E-state index contributed by atoms with van der Waals surface area (Å²) in [7, 11) is 0. The standard InChI is InChI=1S/C11H8BrF3N2/c1-7-9(12)6-17(16-7)10-5-3-2-4-8(10)11(13,14)15/h2-6H,1H3. The summed E-state index contributed by atoms with van der Waals surface area (Å²) in [5, 5.41) is 4.02. The molecule has 0 N–H and O–H groups in total. The molecule has 0 saturated carbocycles. The summed E-state index contributed by atoms with van der Waals surface area (Å²) >= 11 is 3.22. The Balaban J connectivity index is 2.60. The van der Waals surface area contributed by atoms with Crippen LogP contribution in [0.1, 0.15) is 11.3 Å². The van der Waals surface area contributed by atoms with E-state index in [0.29, 0.717) is 10.2 Å². The largest absolute Gasteiger partial charge is 0.418 e. The van der Waals surface area contributed by atoms with Crippen LogP contribution < -0.4 is 0 Å². The first-order valence-corrected chi connectivity index (χ1v) is 5.57. The molecule has 0 aliphatic carbocycles. The van der Waals surface area contributed by atoms with Crippen LogP contribution in [0.25, 0.3) is 5.69 Å². The van der Waals surface area contributed by atoms with Crippen LogP contribution >= 0.6 is 15.9 Å². The van der Waals surface area contributed by atoms with Crippen molar-refractivity contribution < 1.29 is 13.2 Å². The minimum Gasteiger partial charge on any atom is -0.239 e. The maximum absolute atomic E-state index is 12.8. The number of para-hydroxylation sites is 1. The molecule has 1 heterocycles. The predicted molar refractivity (Wildman–Crippen MR) is 61.0 cm³/mol. The first kappa shape index (κ1) is 12.2. The maximum atomic E-state index is 12.8. The van der Waals surface area contributed by atoms with Gasteiger partial charge in [-0.1, -0.05) is 12.1 Å². The smallest absolute Gasteiger partial charge is 0.239 e. The van der Waals surface area contributed by atoms with Gasteiger partial charge in [-0.25, -0.2) is 4.68 Å². The summed E-state index contributed by atoms with van der Waals surface area (Å²) in [6.07, 6.45) is -2.87. The number of aromatic nitrogens is 2. The van der Waals surface area contributed by atoms with Gasteiger partial charge in [0, 0.05) is 6.20 Å². The Hall–Kier alpha value is -1.30. The van der Waals surface area contributed by atoms with E-state index in [0.717, 1.165) is 6.07 Å². The van der Waals surface area contributed by atoms with Gasteiger partial charge in [-0.3, -0.25) is 0 Å². The topological polar surface area (TPSA) is 17.8 Å². The molecule has 17 heavy (non-hydrogen) atoms. The van der Waals surface area contributed by atoms with E-state index in [1.165, 1.54) is 23.0 Å². The molecule has 2 aromatic rings. The molecule has 1 aromatic carbocycles. The van der Waals surface area contributed by atoms with Crippen molar-refractivity contribution in [3.8, 4) is 5.69 Å². The fourth-order valence-electron chi connectivity index (χ4n) is 1.48. The van der Waals surface area contributed by atoms with E-state index in [-0.39, 0.29) is 5.69 Å². The minimum atomic E-state index is -4.39. The van der Waals surface area contributed by atoms with Crippen molar-refractivity contribution in [1.29, 1.82) is 0 Å². The van der Waals surface area contributed by atoms with Gasteiger partial charge in [0.2, 0.25) is 0 Å². The zero-order valence-corrected chi connectivity index (χ0v) is 10.4. The van der Waals surface area contributed by atoms with Gasteiger partial charge in [-0.2, -0.15) is 18.3 Å². The average Bonchev–Trinajstić information content (AvgIpc) is 2.58. The van der Waals surface area contributed by atoms with Gasteiger partial charge in [0.05, 0.1) is 21.4 Å². The molecule has 0 aliphatic heterocycles. The van der Waals surface area contributed by atoms with Crippen LogP contribution in [0, 0.1) is 6.92 Å². The molecule has 0 amide bonds. The highest BCUT2D eigenvalue weighted by Crippen LogP contribution is 2.33. The van der Waals surface area contributed by atoms with Gasteiger partial charge in [-0.05, 0) is 35.0 Å². The van der Waals surface area contributed by atoms with Gasteiger partial charge >= 0.3 is 6.18 Å². The van der Waals surface area contributed by atoms with E-state index in [1.807, 2.05) is 0 Å². The van der Waals surface area contributed by atoms with Crippen LogP contribution in [0.4, 0.5) is 13.2 Å². The molecule has 2 rings (SSSR count). The summed E-state index contributed by atoms with van der Waals surface area (Å²) in [6.45, 7) is 1.72. The molecule has 6 heteroatoms. The van der Waals surface area contributed by atoms with Crippen molar-refractivity contribution in [3.63, 3.8) is 0 Å². The van der Waals surface area contributed by atoms with Crippen LogP contribution in [0.15, 0.2) is 34.9 Å². The summed E-state index contributed by atoms with van der Waals surface area (Å²) < 4.78 is 40.3. The monoisotopic (exact) mass is 304 g/mol. The highest BCUT2D eigenvalue weighted by molar-refractivity contribution is 9.10. The van der Waals surface area contributed by atoms with Gasteiger partial charge in [-0.15, -0.1) is 0 Å². The summed E-state index contributed by atoms with van der Waals surface area (Å²) in [4.78, 5) is 0. The third-order valence-electron chi connectivity index (χ3n) is 2.30. The Kier molecular flexibility index (Phi) is 2.99. The highest BCUT2D eigenvalue weighted by atomic mass is 79.9. The van der Waals surface area contributed by atoms with Crippen molar-refractivity contribution in [2.45, 2.75) is 13.1 Å². The molecular weight excluding hydrogens is 297 g/mol. The molecular formula is C11H8BrF3N2. The quantitative estimate of drug-likeness (QED) is 0.780. The van der Waals surface area contributed by atoms with Gasteiger partial charge in [0.15, 0.2) is 0 Å². The Morgan fingerprint density at radius 1 is 1.24 bits per heavy atom. The molecule has 0 saturated heterocycles. The van der Waals surface area contributed by atoms with Crippen LogP contribution in [-0.2, 0) is 6.18 Å². The second-order valence-electron chi connectivity index (χ2n) is 3.52. The molecule has 90 valence electrons. The molecule has 0 bridgehead atoms. The van der Waals surface area contributed by atoms with Crippen LogP contribution in [0.5, 0.6) is 0 Å². The number of benzene rings is 1. The van der Waals surface area contributed by atoms with Crippen molar-refractivity contribution >= 4 is 15.9 Å². The third-order valence-corrected chi connectivity index (χ3v) is 3.07. The molecule has 0 fully saturated rings. The summed E-state index contributed by atoms with van der Waals surface area (Å²) in [5.74, 6) is 0. The summed E-state index contributed by atoms with van der Waals surface area (Å²) in [5.41, 5.74) is -0.0363. The molecule has 0 aliphatic rings. The number of rotatable bonds is 1. The molecule has 0 unspecified atom stereocenters.